The highest BCUT2D eigenvalue weighted by atomic mass is 16.6. The minimum absolute atomic E-state index is 0.0308. The second-order valence-corrected chi connectivity index (χ2v) is 4.54. The number of nitrogens with zero attached hydrogens (tertiary/aromatic N) is 1. The number of methoxy groups -OCH3 is 1. The van der Waals surface area contributed by atoms with Crippen LogP contribution in [-0.4, -0.2) is 24.0 Å². The third-order valence-corrected chi connectivity index (χ3v) is 3.20. The molecule has 110 valence electrons. The van der Waals surface area contributed by atoms with Gasteiger partial charge in [0, 0.05) is 11.8 Å². The summed E-state index contributed by atoms with van der Waals surface area (Å²) < 4.78 is 4.89. The van der Waals surface area contributed by atoms with Crippen molar-refractivity contribution < 1.29 is 14.5 Å². The molecule has 0 aliphatic rings. The van der Waals surface area contributed by atoms with Gasteiger partial charge in [-0.3, -0.25) is 14.9 Å². The second-order valence-electron chi connectivity index (χ2n) is 4.54. The van der Waals surface area contributed by atoms with Crippen LogP contribution >= 0.6 is 0 Å². The summed E-state index contributed by atoms with van der Waals surface area (Å²) in [6.07, 6.45) is 0.775. The molecule has 20 heavy (non-hydrogen) atoms. The number of carbonyl (C=O) groups is 1. The van der Waals surface area contributed by atoms with Crippen LogP contribution in [0.5, 0.6) is 5.75 Å². The lowest BCUT2D eigenvalue weighted by Crippen LogP contribution is -2.40. The van der Waals surface area contributed by atoms with Crippen LogP contribution < -0.4 is 15.8 Å². The van der Waals surface area contributed by atoms with Gasteiger partial charge in [-0.05, 0) is 18.1 Å². The number of hydrogen-bond acceptors (Lipinski definition) is 5. The van der Waals surface area contributed by atoms with E-state index in [1.807, 2.05) is 13.8 Å². The molecule has 2 unspecified atom stereocenters. The van der Waals surface area contributed by atoms with Crippen molar-refractivity contribution >= 4 is 17.3 Å². The highest BCUT2D eigenvalue weighted by Gasteiger charge is 2.21. The summed E-state index contributed by atoms with van der Waals surface area (Å²) in [5.74, 6) is -0.193. The van der Waals surface area contributed by atoms with Crippen LogP contribution in [0, 0.1) is 16.0 Å². The molecule has 0 saturated heterocycles. The molecule has 0 radical (unpaired) electrons. The highest BCUT2D eigenvalue weighted by Crippen LogP contribution is 2.29. The molecule has 0 heterocycles. The smallest absolute Gasteiger partial charge is 0.312 e. The summed E-state index contributed by atoms with van der Waals surface area (Å²) in [5, 5.41) is 13.5. The van der Waals surface area contributed by atoms with E-state index in [1.54, 1.807) is 0 Å². The minimum atomic E-state index is -0.652. The predicted molar refractivity (Wildman–Crippen MR) is 75.7 cm³/mol. The molecule has 0 aliphatic carbocycles. The molecule has 1 aromatic rings. The number of amides is 1. The molecule has 1 aromatic carbocycles. The zero-order valence-electron chi connectivity index (χ0n) is 11.8. The molecular formula is C13H19N3O4. The Labute approximate surface area is 117 Å². The van der Waals surface area contributed by atoms with Crippen molar-refractivity contribution in [2.75, 3.05) is 12.4 Å². The van der Waals surface area contributed by atoms with Gasteiger partial charge in [0.2, 0.25) is 5.91 Å². The zero-order valence-corrected chi connectivity index (χ0v) is 11.8. The Bertz CT molecular complexity index is 504. The van der Waals surface area contributed by atoms with Crippen LogP contribution in [0.3, 0.4) is 0 Å². The van der Waals surface area contributed by atoms with Crippen LogP contribution in [0.15, 0.2) is 18.2 Å². The normalized spacial score (nSPS) is 13.4. The fraction of sp³-hybridized carbons (Fsp3) is 0.462. The Morgan fingerprint density at radius 3 is 2.70 bits per heavy atom. The van der Waals surface area contributed by atoms with E-state index in [1.165, 1.54) is 25.3 Å². The first-order chi connectivity index (χ1) is 9.40. The maximum Gasteiger partial charge on any atom is 0.312 e. The van der Waals surface area contributed by atoms with Crippen molar-refractivity contribution in [2.45, 2.75) is 26.3 Å². The molecule has 0 saturated carbocycles. The Kier molecular flexibility index (Phi) is 5.45. The number of nitro benzene ring substituents is 1. The standard InChI is InChI=1S/C13H19N3O4/c1-4-8(2)12(14)13(17)15-9-5-6-11(20-3)10(7-9)16(18)19/h5-8,12H,4,14H2,1-3H3,(H,15,17). The molecule has 1 amide bonds. The van der Waals surface area contributed by atoms with Crippen molar-refractivity contribution in [2.24, 2.45) is 11.7 Å². The first-order valence-corrected chi connectivity index (χ1v) is 6.29. The Morgan fingerprint density at radius 2 is 2.20 bits per heavy atom. The second kappa shape index (κ2) is 6.85. The fourth-order valence-electron chi connectivity index (χ4n) is 1.65. The maximum absolute atomic E-state index is 11.9. The Hall–Kier alpha value is -2.15. The monoisotopic (exact) mass is 281 g/mol. The lowest BCUT2D eigenvalue weighted by Gasteiger charge is -2.17. The van der Waals surface area contributed by atoms with Crippen LogP contribution in [0.25, 0.3) is 0 Å². The lowest BCUT2D eigenvalue weighted by molar-refractivity contribution is -0.385. The molecule has 0 aromatic heterocycles. The van der Waals surface area contributed by atoms with E-state index in [-0.39, 0.29) is 23.3 Å². The van der Waals surface area contributed by atoms with E-state index in [0.717, 1.165) is 6.42 Å². The molecule has 7 heteroatoms. The van der Waals surface area contributed by atoms with Crippen LogP contribution in [0.4, 0.5) is 11.4 Å². The number of nitro groups is 1. The minimum Gasteiger partial charge on any atom is -0.490 e. The summed E-state index contributed by atoms with van der Waals surface area (Å²) in [6, 6.07) is 3.57. The molecule has 0 aliphatic heterocycles. The molecule has 2 atom stereocenters. The average Bonchev–Trinajstić information content (AvgIpc) is 2.45. The summed E-state index contributed by atoms with van der Waals surface area (Å²) in [6.45, 7) is 3.82. The van der Waals surface area contributed by atoms with Gasteiger partial charge in [0.25, 0.3) is 0 Å². The van der Waals surface area contributed by atoms with Gasteiger partial charge >= 0.3 is 5.69 Å². The van der Waals surface area contributed by atoms with Gasteiger partial charge in [-0.25, -0.2) is 0 Å². The number of carbonyl (C=O) groups excluding carboxylic acids is 1. The lowest BCUT2D eigenvalue weighted by atomic mass is 9.99. The van der Waals surface area contributed by atoms with E-state index >= 15 is 0 Å². The van der Waals surface area contributed by atoms with Crippen molar-refractivity contribution in [3.05, 3.63) is 28.3 Å². The largest absolute Gasteiger partial charge is 0.490 e. The molecule has 1 rings (SSSR count). The van der Waals surface area contributed by atoms with Gasteiger partial charge in [0.05, 0.1) is 18.1 Å². The SMILES string of the molecule is CCC(C)C(N)C(=O)Nc1ccc(OC)c([N+](=O)[O-])c1. The molecule has 3 N–H and O–H groups in total. The number of nitrogens with one attached hydrogen (secondary N) is 1. The third-order valence-electron chi connectivity index (χ3n) is 3.20. The predicted octanol–water partition coefficient (Wildman–Crippen LogP) is 1.92. The van der Waals surface area contributed by atoms with Gasteiger partial charge in [-0.1, -0.05) is 20.3 Å². The molecular weight excluding hydrogens is 262 g/mol. The highest BCUT2D eigenvalue weighted by molar-refractivity contribution is 5.95. The van der Waals surface area contributed by atoms with Gasteiger partial charge in [-0.2, -0.15) is 0 Å². The quantitative estimate of drug-likeness (QED) is 0.611. The first-order valence-electron chi connectivity index (χ1n) is 6.29. The third kappa shape index (κ3) is 3.67. The first kappa shape index (κ1) is 15.9. The van der Waals surface area contributed by atoms with Crippen LogP contribution in [0.1, 0.15) is 20.3 Å². The number of benzene rings is 1. The van der Waals surface area contributed by atoms with Crippen molar-refractivity contribution in [3.63, 3.8) is 0 Å². The maximum atomic E-state index is 11.9. The van der Waals surface area contributed by atoms with E-state index < -0.39 is 11.0 Å². The molecule has 0 bridgehead atoms. The number of hydrogen-bond donors (Lipinski definition) is 2. The number of ether oxygens (including phenoxy) is 1. The fourth-order valence-corrected chi connectivity index (χ4v) is 1.65. The Balaban J connectivity index is 2.91. The number of nitrogens with two attached hydrogens (primary N) is 1. The van der Waals surface area contributed by atoms with E-state index in [9.17, 15) is 14.9 Å². The van der Waals surface area contributed by atoms with Crippen molar-refractivity contribution in [1.82, 2.24) is 0 Å². The van der Waals surface area contributed by atoms with E-state index in [4.69, 9.17) is 10.5 Å². The van der Waals surface area contributed by atoms with Crippen LogP contribution in [-0.2, 0) is 4.79 Å². The van der Waals surface area contributed by atoms with Crippen molar-refractivity contribution in [1.29, 1.82) is 0 Å². The number of rotatable bonds is 6. The van der Waals surface area contributed by atoms with Crippen LogP contribution in [0.2, 0.25) is 0 Å². The summed E-state index contributed by atoms with van der Waals surface area (Å²) >= 11 is 0. The van der Waals surface area contributed by atoms with E-state index in [0.29, 0.717) is 5.69 Å². The number of anilines is 1. The van der Waals surface area contributed by atoms with Gasteiger partial charge in [0.1, 0.15) is 0 Å². The zero-order chi connectivity index (χ0) is 15.3. The Morgan fingerprint density at radius 1 is 1.55 bits per heavy atom. The summed E-state index contributed by atoms with van der Waals surface area (Å²) in [5.41, 5.74) is 5.92. The molecule has 0 spiro atoms. The topological polar surface area (TPSA) is 107 Å². The van der Waals surface area contributed by atoms with E-state index in [2.05, 4.69) is 5.32 Å². The van der Waals surface area contributed by atoms with Crippen molar-refractivity contribution in [3.8, 4) is 5.75 Å². The molecule has 7 nitrogen and oxygen atoms in total. The summed E-state index contributed by atoms with van der Waals surface area (Å²) in [7, 11) is 1.35. The van der Waals surface area contributed by atoms with Gasteiger partial charge < -0.3 is 15.8 Å². The van der Waals surface area contributed by atoms with Gasteiger partial charge in [-0.15, -0.1) is 0 Å². The average molecular weight is 281 g/mol. The van der Waals surface area contributed by atoms with Gasteiger partial charge in [0.15, 0.2) is 5.75 Å². The molecule has 0 fully saturated rings. The summed E-state index contributed by atoms with van der Waals surface area (Å²) in [4.78, 5) is 22.2.